The van der Waals surface area contributed by atoms with Crippen molar-refractivity contribution in [2.45, 2.75) is 13.5 Å². The van der Waals surface area contributed by atoms with E-state index in [9.17, 15) is 0 Å². The van der Waals surface area contributed by atoms with Crippen LogP contribution in [0.15, 0.2) is 24.3 Å². The molecule has 2 heteroatoms. The molecule has 0 radical (unpaired) electrons. The zero-order valence-electron chi connectivity index (χ0n) is 9.29. The molecule has 0 saturated carbocycles. The molecule has 0 amide bonds. The quantitative estimate of drug-likeness (QED) is 0.710. The van der Waals surface area contributed by atoms with E-state index in [2.05, 4.69) is 43.1 Å². The van der Waals surface area contributed by atoms with Crippen LogP contribution in [0.25, 0.3) is 0 Å². The summed E-state index contributed by atoms with van der Waals surface area (Å²) in [7, 11) is 3.85. The summed E-state index contributed by atoms with van der Waals surface area (Å²) in [6.07, 6.45) is 0. The Balaban J connectivity index is 2.39. The van der Waals surface area contributed by atoms with Crippen LogP contribution in [0.3, 0.4) is 0 Å². The summed E-state index contributed by atoms with van der Waals surface area (Å²) in [5.74, 6) is 0. The van der Waals surface area contributed by atoms with E-state index in [1.165, 1.54) is 11.1 Å². The van der Waals surface area contributed by atoms with Gasteiger partial charge in [0, 0.05) is 20.2 Å². The Morgan fingerprint density at radius 1 is 1.21 bits per heavy atom. The average molecular weight is 193 g/mol. The Morgan fingerprint density at radius 2 is 1.86 bits per heavy atom. The molecule has 78 valence electrons. The smallest absolute Gasteiger partial charge is 0.0589 e. The van der Waals surface area contributed by atoms with E-state index in [1.807, 2.05) is 0 Å². The van der Waals surface area contributed by atoms with Gasteiger partial charge in [-0.15, -0.1) is 0 Å². The summed E-state index contributed by atoms with van der Waals surface area (Å²) < 4.78 is 5.03. The van der Waals surface area contributed by atoms with E-state index in [4.69, 9.17) is 4.74 Å². The SMILES string of the molecule is COCCN(C)Cc1ccc(C)cc1. The lowest BCUT2D eigenvalue weighted by Gasteiger charge is -2.15. The fourth-order valence-corrected chi connectivity index (χ4v) is 1.33. The van der Waals surface area contributed by atoms with Crippen molar-refractivity contribution < 1.29 is 4.74 Å². The highest BCUT2D eigenvalue weighted by Crippen LogP contribution is 2.05. The van der Waals surface area contributed by atoms with Crippen LogP contribution < -0.4 is 0 Å². The number of nitrogens with zero attached hydrogens (tertiary/aromatic N) is 1. The van der Waals surface area contributed by atoms with Gasteiger partial charge in [0.15, 0.2) is 0 Å². The summed E-state index contributed by atoms with van der Waals surface area (Å²) in [5.41, 5.74) is 2.67. The molecule has 0 aliphatic rings. The van der Waals surface area contributed by atoms with Crippen LogP contribution in [0.5, 0.6) is 0 Å². The zero-order chi connectivity index (χ0) is 10.4. The van der Waals surface area contributed by atoms with Crippen molar-refractivity contribution in [3.8, 4) is 0 Å². The molecule has 1 rings (SSSR count). The van der Waals surface area contributed by atoms with E-state index in [-0.39, 0.29) is 0 Å². The van der Waals surface area contributed by atoms with Crippen molar-refractivity contribution in [3.63, 3.8) is 0 Å². The van der Waals surface area contributed by atoms with Crippen LogP contribution in [0.4, 0.5) is 0 Å². The van der Waals surface area contributed by atoms with E-state index in [0.29, 0.717) is 0 Å². The second kappa shape index (κ2) is 5.78. The minimum atomic E-state index is 0.794. The van der Waals surface area contributed by atoms with Crippen LogP contribution in [0, 0.1) is 6.92 Å². The summed E-state index contributed by atoms with van der Waals surface area (Å²) in [4.78, 5) is 2.26. The molecule has 0 bridgehead atoms. The average Bonchev–Trinajstić information content (AvgIpc) is 2.18. The van der Waals surface area contributed by atoms with Crippen LogP contribution in [-0.2, 0) is 11.3 Å². The van der Waals surface area contributed by atoms with Gasteiger partial charge in [0.05, 0.1) is 6.61 Å². The molecule has 1 aromatic rings. The second-order valence-corrected chi connectivity index (χ2v) is 3.72. The van der Waals surface area contributed by atoms with Gasteiger partial charge in [-0.1, -0.05) is 29.8 Å². The van der Waals surface area contributed by atoms with Gasteiger partial charge in [-0.05, 0) is 19.5 Å². The third-order valence-corrected chi connectivity index (χ3v) is 2.25. The highest BCUT2D eigenvalue weighted by Gasteiger charge is 1.98. The fraction of sp³-hybridized carbons (Fsp3) is 0.500. The molecular formula is C12H19NO. The topological polar surface area (TPSA) is 12.5 Å². The molecule has 0 aromatic heterocycles. The molecular weight excluding hydrogens is 174 g/mol. The minimum absolute atomic E-state index is 0.794. The third-order valence-electron chi connectivity index (χ3n) is 2.25. The number of hydrogen-bond acceptors (Lipinski definition) is 2. The summed E-state index contributed by atoms with van der Waals surface area (Å²) in [6, 6.07) is 8.66. The maximum absolute atomic E-state index is 5.03. The van der Waals surface area contributed by atoms with Gasteiger partial charge in [0.25, 0.3) is 0 Å². The Morgan fingerprint density at radius 3 is 2.43 bits per heavy atom. The van der Waals surface area contributed by atoms with Crippen molar-refractivity contribution in [1.82, 2.24) is 4.90 Å². The van der Waals surface area contributed by atoms with E-state index < -0.39 is 0 Å². The molecule has 0 N–H and O–H groups in total. The predicted molar refractivity (Wildman–Crippen MR) is 59.4 cm³/mol. The summed E-state index contributed by atoms with van der Waals surface area (Å²) in [5, 5.41) is 0. The second-order valence-electron chi connectivity index (χ2n) is 3.72. The molecule has 0 atom stereocenters. The van der Waals surface area contributed by atoms with Crippen molar-refractivity contribution in [2.75, 3.05) is 27.3 Å². The molecule has 0 aliphatic heterocycles. The molecule has 0 aliphatic carbocycles. The van der Waals surface area contributed by atoms with Crippen molar-refractivity contribution in [2.24, 2.45) is 0 Å². The number of hydrogen-bond donors (Lipinski definition) is 0. The minimum Gasteiger partial charge on any atom is -0.383 e. The number of ether oxygens (including phenoxy) is 1. The first-order valence-electron chi connectivity index (χ1n) is 4.95. The van der Waals surface area contributed by atoms with Gasteiger partial charge in [-0.25, -0.2) is 0 Å². The maximum atomic E-state index is 5.03. The number of rotatable bonds is 5. The molecule has 0 unspecified atom stereocenters. The van der Waals surface area contributed by atoms with Crippen LogP contribution in [0.2, 0.25) is 0 Å². The molecule has 0 saturated heterocycles. The zero-order valence-corrected chi connectivity index (χ0v) is 9.29. The lowest BCUT2D eigenvalue weighted by atomic mass is 10.1. The van der Waals surface area contributed by atoms with Crippen LogP contribution in [-0.4, -0.2) is 32.2 Å². The molecule has 1 aromatic carbocycles. The first-order valence-corrected chi connectivity index (χ1v) is 4.95. The number of methoxy groups -OCH3 is 1. The summed E-state index contributed by atoms with van der Waals surface area (Å²) >= 11 is 0. The van der Waals surface area contributed by atoms with E-state index in [0.717, 1.165) is 19.7 Å². The van der Waals surface area contributed by atoms with Crippen molar-refractivity contribution in [1.29, 1.82) is 0 Å². The lowest BCUT2D eigenvalue weighted by molar-refractivity contribution is 0.158. The van der Waals surface area contributed by atoms with Gasteiger partial charge in [-0.3, -0.25) is 4.90 Å². The highest BCUT2D eigenvalue weighted by atomic mass is 16.5. The van der Waals surface area contributed by atoms with Crippen molar-refractivity contribution >= 4 is 0 Å². The van der Waals surface area contributed by atoms with Gasteiger partial charge >= 0.3 is 0 Å². The molecule has 0 heterocycles. The van der Waals surface area contributed by atoms with E-state index in [1.54, 1.807) is 7.11 Å². The normalized spacial score (nSPS) is 10.9. The van der Waals surface area contributed by atoms with Gasteiger partial charge in [0.1, 0.15) is 0 Å². The molecule has 14 heavy (non-hydrogen) atoms. The van der Waals surface area contributed by atoms with Gasteiger partial charge in [0.2, 0.25) is 0 Å². The number of likely N-dealkylation sites (N-methyl/N-ethyl adjacent to an activating group) is 1. The third kappa shape index (κ3) is 3.90. The standard InChI is InChI=1S/C12H19NO/c1-11-4-6-12(7-5-11)10-13(2)8-9-14-3/h4-7H,8-10H2,1-3H3. The monoisotopic (exact) mass is 193 g/mol. The molecule has 0 spiro atoms. The molecule has 0 fully saturated rings. The van der Waals surface area contributed by atoms with E-state index >= 15 is 0 Å². The Hall–Kier alpha value is -0.860. The Kier molecular flexibility index (Phi) is 4.63. The lowest BCUT2D eigenvalue weighted by Crippen LogP contribution is -2.22. The first-order chi connectivity index (χ1) is 6.72. The largest absolute Gasteiger partial charge is 0.383 e. The van der Waals surface area contributed by atoms with Crippen LogP contribution >= 0.6 is 0 Å². The first kappa shape index (κ1) is 11.2. The predicted octanol–water partition coefficient (Wildman–Crippen LogP) is 2.07. The van der Waals surface area contributed by atoms with Gasteiger partial charge in [-0.2, -0.15) is 0 Å². The number of benzene rings is 1. The molecule has 2 nitrogen and oxygen atoms in total. The van der Waals surface area contributed by atoms with Crippen molar-refractivity contribution in [3.05, 3.63) is 35.4 Å². The maximum Gasteiger partial charge on any atom is 0.0589 e. The highest BCUT2D eigenvalue weighted by molar-refractivity contribution is 5.21. The Bertz CT molecular complexity index is 256. The number of aryl methyl sites for hydroxylation is 1. The van der Waals surface area contributed by atoms with Gasteiger partial charge < -0.3 is 4.74 Å². The Labute approximate surface area is 86.5 Å². The summed E-state index contributed by atoms with van der Waals surface area (Å²) in [6.45, 7) is 4.87. The fourth-order valence-electron chi connectivity index (χ4n) is 1.33. The van der Waals surface area contributed by atoms with Crippen LogP contribution in [0.1, 0.15) is 11.1 Å².